The Balaban J connectivity index is 2.18. The second-order valence-electron chi connectivity index (χ2n) is 5.58. The van der Waals surface area contributed by atoms with Gasteiger partial charge < -0.3 is 10.8 Å². The van der Waals surface area contributed by atoms with Gasteiger partial charge in [0.2, 0.25) is 0 Å². The number of hydrogen-bond donors (Lipinski definition) is 2. The molecule has 0 aromatic heterocycles. The Labute approximate surface area is 84.7 Å². The van der Waals surface area contributed by atoms with Gasteiger partial charge in [-0.15, -0.1) is 0 Å². The monoisotopic (exact) mass is 197 g/mol. The van der Waals surface area contributed by atoms with Crippen molar-refractivity contribution < 1.29 is 9.90 Å². The second-order valence-corrected chi connectivity index (χ2v) is 5.58. The highest BCUT2D eigenvalue weighted by Crippen LogP contribution is 2.74. The number of hydrogen-bond acceptors (Lipinski definition) is 2. The Bertz CT molecular complexity index is 274. The van der Waals surface area contributed by atoms with E-state index in [0.29, 0.717) is 17.9 Å². The highest BCUT2D eigenvalue weighted by atomic mass is 16.4. The molecule has 0 bridgehead atoms. The van der Waals surface area contributed by atoms with Gasteiger partial charge in [0.15, 0.2) is 0 Å². The third-order valence-corrected chi connectivity index (χ3v) is 4.57. The van der Waals surface area contributed by atoms with Crippen LogP contribution in [0.25, 0.3) is 0 Å². The predicted octanol–water partition coefficient (Wildman–Crippen LogP) is 1.47. The van der Waals surface area contributed by atoms with E-state index >= 15 is 0 Å². The molecule has 0 aromatic rings. The number of nitrogens with two attached hydrogens (primary N) is 1. The fourth-order valence-electron chi connectivity index (χ4n) is 3.90. The van der Waals surface area contributed by atoms with E-state index < -0.39 is 5.97 Å². The molecule has 2 aliphatic carbocycles. The number of aliphatic carboxylic acids is 1. The first-order valence-corrected chi connectivity index (χ1v) is 5.36. The Kier molecular flexibility index (Phi) is 1.94. The van der Waals surface area contributed by atoms with Gasteiger partial charge in [0.05, 0.1) is 6.42 Å². The lowest BCUT2D eigenvalue weighted by Crippen LogP contribution is -2.35. The molecular formula is C11H19NO2. The van der Waals surface area contributed by atoms with Gasteiger partial charge in [0.1, 0.15) is 0 Å². The molecule has 3 heteroatoms. The lowest BCUT2D eigenvalue weighted by atomic mass is 9.75. The molecule has 2 aliphatic rings. The summed E-state index contributed by atoms with van der Waals surface area (Å²) < 4.78 is 0. The standard InChI is InChI=1S/C11H19NO2/c1-10(2)7-3-4-11(6-12,9(7)10)5-8(13)14/h7,9H,3-6,12H2,1-2H3,(H,13,14). The fourth-order valence-corrected chi connectivity index (χ4v) is 3.90. The molecule has 0 aromatic carbocycles. The maximum Gasteiger partial charge on any atom is 0.303 e. The number of carbonyl (C=O) groups is 1. The van der Waals surface area contributed by atoms with Crippen molar-refractivity contribution >= 4 is 5.97 Å². The topological polar surface area (TPSA) is 63.3 Å². The van der Waals surface area contributed by atoms with Crippen molar-refractivity contribution in [3.05, 3.63) is 0 Å². The maximum absolute atomic E-state index is 10.8. The van der Waals surface area contributed by atoms with Crippen LogP contribution < -0.4 is 5.73 Å². The highest BCUT2D eigenvalue weighted by molar-refractivity contribution is 5.68. The summed E-state index contributed by atoms with van der Waals surface area (Å²) >= 11 is 0. The van der Waals surface area contributed by atoms with E-state index in [1.165, 1.54) is 6.42 Å². The van der Waals surface area contributed by atoms with Gasteiger partial charge in [-0.1, -0.05) is 13.8 Å². The van der Waals surface area contributed by atoms with Crippen LogP contribution in [0.5, 0.6) is 0 Å². The number of carboxylic acid groups (broad SMARTS) is 1. The van der Waals surface area contributed by atoms with Crippen LogP contribution in [0.15, 0.2) is 0 Å². The summed E-state index contributed by atoms with van der Waals surface area (Å²) in [7, 11) is 0. The number of rotatable bonds is 3. The molecule has 0 amide bonds. The molecular weight excluding hydrogens is 178 g/mol. The molecule has 0 saturated heterocycles. The van der Waals surface area contributed by atoms with Gasteiger partial charge in [-0.25, -0.2) is 0 Å². The van der Waals surface area contributed by atoms with Gasteiger partial charge in [0.25, 0.3) is 0 Å². The summed E-state index contributed by atoms with van der Waals surface area (Å²) in [5.74, 6) is 0.584. The van der Waals surface area contributed by atoms with Crippen LogP contribution in [0.3, 0.4) is 0 Å². The summed E-state index contributed by atoms with van der Waals surface area (Å²) in [6.45, 7) is 5.02. The van der Waals surface area contributed by atoms with Crippen molar-refractivity contribution in [1.29, 1.82) is 0 Å². The van der Waals surface area contributed by atoms with Crippen LogP contribution in [0.1, 0.15) is 33.1 Å². The van der Waals surface area contributed by atoms with Crippen molar-refractivity contribution in [2.24, 2.45) is 28.4 Å². The lowest BCUT2D eigenvalue weighted by molar-refractivity contribution is -0.140. The molecule has 14 heavy (non-hydrogen) atoms. The molecule has 0 aliphatic heterocycles. The molecule has 2 fully saturated rings. The summed E-state index contributed by atoms with van der Waals surface area (Å²) in [5, 5.41) is 8.92. The fraction of sp³-hybridized carbons (Fsp3) is 0.909. The smallest absolute Gasteiger partial charge is 0.303 e. The zero-order chi connectivity index (χ0) is 10.6. The Morgan fingerprint density at radius 3 is 2.57 bits per heavy atom. The summed E-state index contributed by atoms with van der Waals surface area (Å²) in [5.41, 5.74) is 6.04. The molecule has 2 rings (SSSR count). The van der Waals surface area contributed by atoms with Crippen molar-refractivity contribution in [1.82, 2.24) is 0 Å². The third kappa shape index (κ3) is 1.11. The molecule has 0 radical (unpaired) electrons. The molecule has 0 heterocycles. The van der Waals surface area contributed by atoms with Crippen molar-refractivity contribution in [2.45, 2.75) is 33.1 Å². The average Bonchev–Trinajstić information content (AvgIpc) is 2.48. The summed E-state index contributed by atoms with van der Waals surface area (Å²) in [6.07, 6.45) is 2.44. The van der Waals surface area contributed by atoms with Crippen molar-refractivity contribution in [3.8, 4) is 0 Å². The Morgan fingerprint density at radius 1 is 1.57 bits per heavy atom. The van der Waals surface area contributed by atoms with Crippen LogP contribution in [0.2, 0.25) is 0 Å². The van der Waals surface area contributed by atoms with Crippen molar-refractivity contribution in [3.63, 3.8) is 0 Å². The van der Waals surface area contributed by atoms with Crippen molar-refractivity contribution in [2.75, 3.05) is 6.54 Å². The van der Waals surface area contributed by atoms with Crippen LogP contribution in [0.4, 0.5) is 0 Å². The normalized spacial score (nSPS) is 43.4. The van der Waals surface area contributed by atoms with Crippen LogP contribution in [0, 0.1) is 22.7 Å². The van der Waals surface area contributed by atoms with E-state index in [0.717, 1.165) is 12.3 Å². The van der Waals surface area contributed by atoms with Gasteiger partial charge in [-0.3, -0.25) is 4.79 Å². The third-order valence-electron chi connectivity index (χ3n) is 4.57. The maximum atomic E-state index is 10.8. The first kappa shape index (κ1) is 9.97. The highest BCUT2D eigenvalue weighted by Gasteiger charge is 2.69. The van der Waals surface area contributed by atoms with Crippen LogP contribution in [-0.4, -0.2) is 17.6 Å². The van der Waals surface area contributed by atoms with E-state index in [-0.39, 0.29) is 11.8 Å². The van der Waals surface area contributed by atoms with E-state index in [9.17, 15) is 4.79 Å². The molecule has 3 atom stereocenters. The van der Waals surface area contributed by atoms with Gasteiger partial charge in [-0.2, -0.15) is 0 Å². The minimum absolute atomic E-state index is 0.0972. The van der Waals surface area contributed by atoms with Crippen LogP contribution in [-0.2, 0) is 4.79 Å². The largest absolute Gasteiger partial charge is 0.481 e. The SMILES string of the molecule is CC1(C)C2CCC(CN)(CC(=O)O)C21. The zero-order valence-corrected chi connectivity index (χ0v) is 8.92. The quantitative estimate of drug-likeness (QED) is 0.720. The minimum Gasteiger partial charge on any atom is -0.481 e. The van der Waals surface area contributed by atoms with E-state index in [1.54, 1.807) is 0 Å². The second kappa shape index (κ2) is 2.72. The lowest BCUT2D eigenvalue weighted by Gasteiger charge is -2.31. The van der Waals surface area contributed by atoms with Crippen LogP contribution >= 0.6 is 0 Å². The summed E-state index contributed by atoms with van der Waals surface area (Å²) in [6, 6.07) is 0. The average molecular weight is 197 g/mol. The number of fused-ring (bicyclic) bond motifs is 1. The molecule has 0 spiro atoms. The molecule has 80 valence electrons. The molecule has 3 unspecified atom stereocenters. The molecule has 3 nitrogen and oxygen atoms in total. The van der Waals surface area contributed by atoms with Gasteiger partial charge in [0, 0.05) is 0 Å². The molecule has 2 saturated carbocycles. The predicted molar refractivity (Wildman–Crippen MR) is 53.7 cm³/mol. The number of carboxylic acids is 1. The van der Waals surface area contributed by atoms with Gasteiger partial charge in [-0.05, 0) is 42.1 Å². The first-order chi connectivity index (χ1) is 6.44. The Morgan fingerprint density at radius 2 is 2.21 bits per heavy atom. The first-order valence-electron chi connectivity index (χ1n) is 5.36. The Hall–Kier alpha value is -0.570. The van der Waals surface area contributed by atoms with Gasteiger partial charge >= 0.3 is 5.97 Å². The molecule has 3 N–H and O–H groups in total. The zero-order valence-electron chi connectivity index (χ0n) is 8.92. The van der Waals surface area contributed by atoms with E-state index in [1.807, 2.05) is 0 Å². The summed E-state index contributed by atoms with van der Waals surface area (Å²) in [4.78, 5) is 10.8. The van der Waals surface area contributed by atoms with E-state index in [2.05, 4.69) is 13.8 Å². The minimum atomic E-state index is -0.696. The van der Waals surface area contributed by atoms with E-state index in [4.69, 9.17) is 10.8 Å².